The van der Waals surface area contributed by atoms with Crippen LogP contribution in [-0.2, 0) is 37.9 Å². The summed E-state index contributed by atoms with van der Waals surface area (Å²) in [5.74, 6) is 0.433. The first-order valence-electron chi connectivity index (χ1n) is 27.4. The van der Waals surface area contributed by atoms with E-state index in [1.165, 1.54) is 0 Å². The van der Waals surface area contributed by atoms with Crippen LogP contribution in [0.15, 0.2) is 11.6 Å². The molecule has 0 bridgehead atoms. The van der Waals surface area contributed by atoms with Gasteiger partial charge in [-0.15, -0.1) is 0 Å². The molecule has 0 spiro atoms. The number of ether oxygens (including phenoxy) is 8. The van der Waals surface area contributed by atoms with Crippen molar-refractivity contribution in [2.75, 3.05) is 26.4 Å². The molecule has 440 valence electrons. The van der Waals surface area contributed by atoms with Crippen LogP contribution in [0.3, 0.4) is 0 Å². The van der Waals surface area contributed by atoms with Gasteiger partial charge >= 0.3 is 0 Å². The van der Waals surface area contributed by atoms with Crippen LogP contribution in [0.2, 0.25) is 0 Å². The molecule has 0 radical (unpaired) electrons. The minimum absolute atomic E-state index is 0.00613. The van der Waals surface area contributed by atoms with Crippen LogP contribution in [0, 0.1) is 45.3 Å². The molecule has 8 rings (SSSR count). The van der Waals surface area contributed by atoms with E-state index in [2.05, 4.69) is 47.6 Å². The fourth-order valence-electron chi connectivity index (χ4n) is 15.3. The van der Waals surface area contributed by atoms with Gasteiger partial charge in [-0.1, -0.05) is 53.2 Å². The van der Waals surface area contributed by atoms with Gasteiger partial charge < -0.3 is 114 Å². The van der Waals surface area contributed by atoms with E-state index in [9.17, 15) is 76.6 Å². The van der Waals surface area contributed by atoms with Crippen LogP contribution in [0.1, 0.15) is 107 Å². The van der Waals surface area contributed by atoms with Gasteiger partial charge in [0.05, 0.1) is 50.3 Å². The Bertz CT molecular complexity index is 1970. The van der Waals surface area contributed by atoms with Crippen molar-refractivity contribution < 1.29 is 114 Å². The lowest BCUT2D eigenvalue weighted by molar-refractivity contribution is -0.349. The van der Waals surface area contributed by atoms with Crippen molar-refractivity contribution in [2.45, 2.75) is 247 Å². The van der Waals surface area contributed by atoms with Gasteiger partial charge in [-0.25, -0.2) is 0 Å². The fourth-order valence-corrected chi connectivity index (χ4v) is 15.3. The highest BCUT2D eigenvalue weighted by molar-refractivity contribution is 5.32. The molecule has 23 nitrogen and oxygen atoms in total. The molecule has 7 fully saturated rings. The first-order chi connectivity index (χ1) is 35.5. The number of allylic oxidation sites excluding steroid dienone is 1. The molecule has 0 aromatic rings. The molecule has 15 N–H and O–H groups in total. The summed E-state index contributed by atoms with van der Waals surface area (Å²) in [5.41, 5.74) is -1.83. The Balaban J connectivity index is 0.898. The summed E-state index contributed by atoms with van der Waals surface area (Å²) < 4.78 is 46.9. The summed E-state index contributed by atoms with van der Waals surface area (Å²) >= 11 is 0. The largest absolute Gasteiger partial charge is 0.394 e. The molecule has 0 aromatic heterocycles. The fraction of sp³-hybridized carbons (Fsp3) is 0.962. The van der Waals surface area contributed by atoms with E-state index in [1.54, 1.807) is 13.8 Å². The first kappa shape index (κ1) is 60.9. The van der Waals surface area contributed by atoms with Crippen LogP contribution in [0.5, 0.6) is 0 Å². The molecule has 3 saturated carbocycles. The third-order valence-electron chi connectivity index (χ3n) is 20.4. The zero-order chi connectivity index (χ0) is 55.9. The number of aliphatic hydroxyl groups is 15. The molecule has 4 saturated heterocycles. The molecule has 3 unspecified atom stereocenters. The molecule has 29 atom stereocenters. The lowest BCUT2D eigenvalue weighted by atomic mass is 9.38. The highest BCUT2D eigenvalue weighted by Crippen LogP contribution is 2.75. The van der Waals surface area contributed by atoms with Crippen LogP contribution < -0.4 is 0 Å². The average Bonchev–Trinajstić information content (AvgIpc) is 3.64. The van der Waals surface area contributed by atoms with Gasteiger partial charge in [-0.05, 0) is 99.7 Å². The van der Waals surface area contributed by atoms with Gasteiger partial charge in [0.15, 0.2) is 25.2 Å². The summed E-state index contributed by atoms with van der Waals surface area (Å²) in [6, 6.07) is 0. The Labute approximate surface area is 444 Å². The molecule has 4 heterocycles. The van der Waals surface area contributed by atoms with Gasteiger partial charge in [0.25, 0.3) is 0 Å². The monoisotopic (exact) mass is 1090 g/mol. The number of hydrogen-bond acceptors (Lipinski definition) is 23. The summed E-state index contributed by atoms with van der Waals surface area (Å²) in [4.78, 5) is 0. The van der Waals surface area contributed by atoms with E-state index in [-0.39, 0.29) is 41.1 Å². The highest BCUT2D eigenvalue weighted by atomic mass is 16.7. The Morgan fingerprint density at radius 3 is 1.76 bits per heavy atom. The summed E-state index contributed by atoms with van der Waals surface area (Å²) in [6.07, 6.45) is -23.5. The second-order valence-corrected chi connectivity index (χ2v) is 25.4. The number of rotatable bonds is 16. The molecular formula is C53H90O23. The molecule has 23 heteroatoms. The van der Waals surface area contributed by atoms with Gasteiger partial charge in [-0.3, -0.25) is 0 Å². The predicted molar refractivity (Wildman–Crippen MR) is 262 cm³/mol. The van der Waals surface area contributed by atoms with Crippen LogP contribution in [-0.4, -0.2) is 244 Å². The van der Waals surface area contributed by atoms with Crippen molar-refractivity contribution in [3.63, 3.8) is 0 Å². The van der Waals surface area contributed by atoms with Gasteiger partial charge in [0.1, 0.15) is 91.6 Å². The highest BCUT2D eigenvalue weighted by Gasteiger charge is 2.70. The van der Waals surface area contributed by atoms with E-state index in [0.717, 1.165) is 18.4 Å². The molecule has 0 aromatic carbocycles. The third-order valence-corrected chi connectivity index (χ3v) is 20.4. The zero-order valence-corrected chi connectivity index (χ0v) is 45.0. The van der Waals surface area contributed by atoms with Gasteiger partial charge in [-0.2, -0.15) is 0 Å². The molecule has 76 heavy (non-hydrogen) atoms. The quantitative estimate of drug-likeness (QED) is 0.0705. The zero-order valence-electron chi connectivity index (χ0n) is 45.0. The minimum Gasteiger partial charge on any atom is -0.394 e. The van der Waals surface area contributed by atoms with E-state index in [0.29, 0.717) is 38.5 Å². The van der Waals surface area contributed by atoms with Crippen LogP contribution >= 0.6 is 0 Å². The van der Waals surface area contributed by atoms with Crippen molar-refractivity contribution in [3.8, 4) is 0 Å². The summed E-state index contributed by atoms with van der Waals surface area (Å²) in [7, 11) is 0. The average molecular weight is 1100 g/mol. The normalized spacial score (nSPS) is 51.5. The van der Waals surface area contributed by atoms with Crippen molar-refractivity contribution in [1.82, 2.24) is 0 Å². The standard InChI is InChI=1S/C53H90O23/c1-22(9-13-33(50(4,5)68)76-46-41(64)37(60)29(21-70-46)73-47-43(66)39(62)35(58)27(19-55)72-47)23-15-16-51(6)30-12-10-24-25(53(30,8)31(56)17-52(23,51)7)11-14-32(49(24,2)3)75-48-44(67)40(63)36(59)28(74-48)20-69-45-42(65)38(61)34(57)26(18-54)71-45/h10,22-23,25-48,54-68H,9,11-21H2,1-8H3/t22-,23?,25?,26-,27+,28-,29-,30?,31-,32+,33-,34-,35+,36-,37+,38+,39-,40+,41-,42-,43+,44-,45-,46+,47-,48+,51+,52-,53+/m1/s1. The third kappa shape index (κ3) is 10.6. The molecular weight excluding hydrogens is 1000 g/mol. The SMILES string of the molecule is C[C@H](CC[C@@H](O[C@@H]1OC[C@@H](O[C@H]2O[C@@H](CO)[C@H](O)[C@@H](O)[C@@H]2O)[C@H](O)[C@H]1O)C(C)(C)O)C1CC[C@@]2(C)C3CC=C4C(CC[C@H](O[C@@H]5O[C@H](CO[C@@H]6O[C@H](CO)[C@@H](O)[C@H](O)[C@H]6O)[C@@H](O)[C@H](O)[C@H]5O)C4(C)C)[C@]3(C)[C@H](O)C[C@]12C. The second-order valence-electron chi connectivity index (χ2n) is 25.4. The number of aliphatic hydroxyl groups excluding tert-OH is 14. The van der Waals surface area contributed by atoms with Crippen LogP contribution in [0.4, 0.5) is 0 Å². The smallest absolute Gasteiger partial charge is 0.187 e. The van der Waals surface area contributed by atoms with Crippen molar-refractivity contribution in [2.24, 2.45) is 45.3 Å². The summed E-state index contributed by atoms with van der Waals surface area (Å²) in [5, 5.41) is 160. The van der Waals surface area contributed by atoms with E-state index >= 15 is 0 Å². The van der Waals surface area contributed by atoms with E-state index in [1.807, 2.05) is 0 Å². The Morgan fingerprint density at radius 1 is 0.632 bits per heavy atom. The van der Waals surface area contributed by atoms with E-state index < -0.39 is 171 Å². The van der Waals surface area contributed by atoms with Gasteiger partial charge in [0.2, 0.25) is 0 Å². The van der Waals surface area contributed by atoms with Crippen molar-refractivity contribution >= 4 is 0 Å². The molecule has 4 aliphatic carbocycles. The number of fused-ring (bicyclic) bond motifs is 5. The molecule has 0 amide bonds. The van der Waals surface area contributed by atoms with Crippen molar-refractivity contribution in [3.05, 3.63) is 11.6 Å². The Morgan fingerprint density at radius 2 is 1.17 bits per heavy atom. The number of hydrogen-bond donors (Lipinski definition) is 15. The Kier molecular flexibility index (Phi) is 18.3. The lowest BCUT2D eigenvalue weighted by Crippen LogP contribution is -2.65. The van der Waals surface area contributed by atoms with Gasteiger partial charge in [0, 0.05) is 10.8 Å². The lowest BCUT2D eigenvalue weighted by Gasteiger charge is -2.67. The Hall–Kier alpha value is -1.18. The molecule has 4 aliphatic heterocycles. The van der Waals surface area contributed by atoms with Crippen LogP contribution in [0.25, 0.3) is 0 Å². The molecule has 8 aliphatic rings. The summed E-state index contributed by atoms with van der Waals surface area (Å²) in [6.45, 7) is 14.3. The maximum absolute atomic E-state index is 12.7. The second kappa shape index (κ2) is 22.9. The first-order valence-corrected chi connectivity index (χ1v) is 27.4. The van der Waals surface area contributed by atoms with E-state index in [4.69, 9.17) is 37.9 Å². The maximum atomic E-state index is 12.7. The topological polar surface area (TPSA) is 377 Å². The van der Waals surface area contributed by atoms with Crippen molar-refractivity contribution in [1.29, 1.82) is 0 Å². The predicted octanol–water partition coefficient (Wildman–Crippen LogP) is -2.59. The maximum Gasteiger partial charge on any atom is 0.187 e. The minimum atomic E-state index is -1.73.